The average molecular weight is 326 g/mol. The third-order valence-electron chi connectivity index (χ3n) is 3.64. The minimum absolute atomic E-state index is 0.0664. The summed E-state index contributed by atoms with van der Waals surface area (Å²) in [4.78, 5) is 11.9. The Morgan fingerprint density at radius 1 is 1.17 bits per heavy atom. The largest absolute Gasteiger partial charge is 0.507 e. The number of nitrogens with zero attached hydrogens (tertiary/aromatic N) is 1. The first-order valence-corrected chi connectivity index (χ1v) is 7.68. The topological polar surface area (TPSA) is 81.9 Å². The maximum atomic E-state index is 11.9. The van der Waals surface area contributed by atoms with Crippen molar-refractivity contribution in [3.63, 3.8) is 0 Å². The van der Waals surface area contributed by atoms with Crippen LogP contribution in [0.4, 0.5) is 0 Å². The molecular weight excluding hydrogens is 304 g/mol. The lowest BCUT2D eigenvalue weighted by atomic mass is 9.86. The van der Waals surface area contributed by atoms with Crippen molar-refractivity contribution >= 4 is 12.1 Å². The zero-order valence-corrected chi connectivity index (χ0v) is 14.0. The Hall–Kier alpha value is -2.66. The number of benzene rings is 2. The van der Waals surface area contributed by atoms with Crippen LogP contribution < -0.4 is 5.43 Å². The van der Waals surface area contributed by atoms with E-state index in [1.54, 1.807) is 36.4 Å². The molecule has 0 bridgehead atoms. The minimum atomic E-state index is -1.29. The number of aliphatic hydroxyl groups excluding tert-OH is 1. The van der Waals surface area contributed by atoms with Gasteiger partial charge in [0.15, 0.2) is 6.10 Å². The molecule has 0 unspecified atom stereocenters. The van der Waals surface area contributed by atoms with Crippen LogP contribution in [-0.4, -0.2) is 22.3 Å². The minimum Gasteiger partial charge on any atom is -0.507 e. The van der Waals surface area contributed by atoms with Crippen LogP contribution in [-0.2, 0) is 10.2 Å². The van der Waals surface area contributed by atoms with E-state index in [0.717, 1.165) is 5.56 Å². The number of carbonyl (C=O) groups is 1. The van der Waals surface area contributed by atoms with Crippen LogP contribution >= 0.6 is 0 Å². The van der Waals surface area contributed by atoms with E-state index < -0.39 is 12.0 Å². The van der Waals surface area contributed by atoms with Crippen LogP contribution in [0.25, 0.3) is 0 Å². The van der Waals surface area contributed by atoms with Crippen LogP contribution in [0.15, 0.2) is 53.6 Å². The van der Waals surface area contributed by atoms with Gasteiger partial charge in [-0.15, -0.1) is 0 Å². The summed E-state index contributed by atoms with van der Waals surface area (Å²) in [5.41, 5.74) is 4.24. The molecule has 0 spiro atoms. The molecule has 5 heteroatoms. The summed E-state index contributed by atoms with van der Waals surface area (Å²) in [6, 6.07) is 13.9. The summed E-state index contributed by atoms with van der Waals surface area (Å²) in [7, 11) is 0. The zero-order valence-electron chi connectivity index (χ0n) is 14.0. The number of phenolic OH excluding ortho intramolecular Hbond substituents is 1. The molecule has 5 nitrogen and oxygen atoms in total. The molecule has 2 aromatic carbocycles. The summed E-state index contributed by atoms with van der Waals surface area (Å²) in [5, 5.41) is 23.7. The molecule has 0 aromatic heterocycles. The Kier molecular flexibility index (Phi) is 5.36. The Bertz CT molecular complexity index is 734. The zero-order chi connectivity index (χ0) is 17.7. The third kappa shape index (κ3) is 4.43. The van der Waals surface area contributed by atoms with Crippen molar-refractivity contribution in [1.82, 2.24) is 5.43 Å². The number of nitrogens with one attached hydrogen (secondary N) is 1. The van der Waals surface area contributed by atoms with E-state index in [1.165, 1.54) is 6.21 Å². The lowest BCUT2D eigenvalue weighted by molar-refractivity contribution is -0.129. The van der Waals surface area contributed by atoms with Crippen LogP contribution in [0.3, 0.4) is 0 Å². The molecule has 1 atom stereocenters. The number of hydrogen-bond acceptors (Lipinski definition) is 4. The van der Waals surface area contributed by atoms with E-state index in [2.05, 4.69) is 31.3 Å². The van der Waals surface area contributed by atoms with Crippen LogP contribution in [0.5, 0.6) is 5.75 Å². The van der Waals surface area contributed by atoms with E-state index in [4.69, 9.17) is 0 Å². The van der Waals surface area contributed by atoms with Gasteiger partial charge in [-0.2, -0.15) is 5.10 Å². The number of carbonyl (C=O) groups excluding carboxylic acids is 1. The van der Waals surface area contributed by atoms with E-state index in [1.807, 2.05) is 12.1 Å². The lowest BCUT2D eigenvalue weighted by Gasteiger charge is -2.19. The van der Waals surface area contributed by atoms with Gasteiger partial charge in [-0.1, -0.05) is 57.2 Å². The fraction of sp³-hybridized carbons (Fsp3) is 0.263. The van der Waals surface area contributed by atoms with Gasteiger partial charge >= 0.3 is 0 Å². The normalized spacial score (nSPS) is 13.0. The fourth-order valence-electron chi connectivity index (χ4n) is 2.14. The van der Waals surface area contributed by atoms with E-state index >= 15 is 0 Å². The molecular formula is C19H22N2O3. The van der Waals surface area contributed by atoms with Crippen molar-refractivity contribution in [2.45, 2.75) is 32.3 Å². The second kappa shape index (κ2) is 7.27. The van der Waals surface area contributed by atoms with Gasteiger partial charge in [0, 0.05) is 5.56 Å². The monoisotopic (exact) mass is 326 g/mol. The number of amides is 1. The molecule has 0 radical (unpaired) electrons. The Morgan fingerprint density at radius 2 is 1.83 bits per heavy atom. The maximum absolute atomic E-state index is 11.9. The summed E-state index contributed by atoms with van der Waals surface area (Å²) in [6.45, 7) is 6.20. The average Bonchev–Trinajstić information content (AvgIpc) is 2.55. The number of aliphatic hydroxyl groups is 1. The first-order chi connectivity index (χ1) is 11.3. The van der Waals surface area contributed by atoms with E-state index in [0.29, 0.717) is 11.1 Å². The third-order valence-corrected chi connectivity index (χ3v) is 3.64. The highest BCUT2D eigenvalue weighted by atomic mass is 16.3. The van der Waals surface area contributed by atoms with Crippen molar-refractivity contribution in [2.75, 3.05) is 0 Å². The van der Waals surface area contributed by atoms with Crippen molar-refractivity contribution in [3.05, 3.63) is 65.2 Å². The molecule has 0 aliphatic heterocycles. The number of hydrogen-bond donors (Lipinski definition) is 3. The SMILES string of the molecule is CC(C)(C)c1ccc(O)c(/C=N/NC(=O)[C@H](O)c2ccccc2)c1. The van der Waals surface area contributed by atoms with Gasteiger partial charge in [-0.25, -0.2) is 5.43 Å². The van der Waals surface area contributed by atoms with E-state index in [-0.39, 0.29) is 11.2 Å². The molecule has 1 amide bonds. The number of hydrazone groups is 1. The van der Waals surface area contributed by atoms with Gasteiger partial charge in [-0.3, -0.25) is 4.79 Å². The van der Waals surface area contributed by atoms with Gasteiger partial charge in [0.25, 0.3) is 5.91 Å². The van der Waals surface area contributed by atoms with Crippen molar-refractivity contribution in [2.24, 2.45) is 5.10 Å². The highest BCUT2D eigenvalue weighted by Gasteiger charge is 2.17. The maximum Gasteiger partial charge on any atom is 0.273 e. The summed E-state index contributed by atoms with van der Waals surface area (Å²) < 4.78 is 0. The van der Waals surface area contributed by atoms with Gasteiger partial charge < -0.3 is 10.2 Å². The molecule has 126 valence electrons. The standard InChI is InChI=1S/C19H22N2O3/c1-19(2,3)15-9-10-16(22)14(11-15)12-20-21-18(24)17(23)13-7-5-4-6-8-13/h4-12,17,22-23H,1-3H3,(H,21,24)/b20-12+/t17-/m1/s1. The van der Waals surface area contributed by atoms with Crippen LogP contribution in [0.1, 0.15) is 43.6 Å². The lowest BCUT2D eigenvalue weighted by Crippen LogP contribution is -2.25. The molecule has 0 saturated carbocycles. The van der Waals surface area contributed by atoms with E-state index in [9.17, 15) is 15.0 Å². The molecule has 2 aromatic rings. The predicted molar refractivity (Wildman–Crippen MR) is 93.9 cm³/mol. The molecule has 24 heavy (non-hydrogen) atoms. The van der Waals surface area contributed by atoms with Gasteiger partial charge in [0.1, 0.15) is 5.75 Å². The predicted octanol–water partition coefficient (Wildman–Crippen LogP) is 2.87. The van der Waals surface area contributed by atoms with Crippen LogP contribution in [0.2, 0.25) is 0 Å². The Morgan fingerprint density at radius 3 is 2.46 bits per heavy atom. The van der Waals surface area contributed by atoms with Crippen molar-refractivity contribution in [1.29, 1.82) is 0 Å². The molecule has 0 saturated heterocycles. The van der Waals surface area contributed by atoms with Crippen molar-refractivity contribution < 1.29 is 15.0 Å². The number of rotatable bonds is 4. The summed E-state index contributed by atoms with van der Waals surface area (Å²) >= 11 is 0. The van der Waals surface area contributed by atoms with Gasteiger partial charge in [-0.05, 0) is 28.7 Å². The van der Waals surface area contributed by atoms with Crippen molar-refractivity contribution in [3.8, 4) is 5.75 Å². The Labute approximate surface area is 141 Å². The Balaban J connectivity index is 2.08. The smallest absolute Gasteiger partial charge is 0.273 e. The number of phenols is 1. The van der Waals surface area contributed by atoms with Crippen LogP contribution in [0, 0.1) is 0 Å². The molecule has 3 N–H and O–H groups in total. The molecule has 0 fully saturated rings. The second-order valence-corrected chi connectivity index (χ2v) is 6.57. The molecule has 2 rings (SSSR count). The highest BCUT2D eigenvalue weighted by molar-refractivity contribution is 5.86. The molecule has 0 aliphatic rings. The summed E-state index contributed by atoms with van der Waals surface area (Å²) in [5.74, 6) is -0.562. The van der Waals surface area contributed by atoms with Gasteiger partial charge in [0.05, 0.1) is 6.21 Å². The van der Waals surface area contributed by atoms with Gasteiger partial charge in [0.2, 0.25) is 0 Å². The first-order valence-electron chi connectivity index (χ1n) is 7.68. The summed E-state index contributed by atoms with van der Waals surface area (Å²) in [6.07, 6.45) is 0.0676. The number of aromatic hydroxyl groups is 1. The fourth-order valence-corrected chi connectivity index (χ4v) is 2.14. The highest BCUT2D eigenvalue weighted by Crippen LogP contribution is 2.26. The first kappa shape index (κ1) is 17.7. The molecule has 0 aliphatic carbocycles. The molecule has 0 heterocycles. The quantitative estimate of drug-likeness (QED) is 0.597. The second-order valence-electron chi connectivity index (χ2n) is 6.57.